The van der Waals surface area contributed by atoms with Gasteiger partial charge in [0.15, 0.2) is 0 Å². The first-order valence-electron chi connectivity index (χ1n) is 10.3. The Labute approximate surface area is 180 Å². The largest absolute Gasteiger partial charge is 0.457 e. The zero-order chi connectivity index (χ0) is 22.0. The third-order valence-electron chi connectivity index (χ3n) is 6.06. The maximum atomic E-state index is 12.4. The molecule has 1 aromatic heterocycles. The minimum absolute atomic E-state index is 0.0569. The van der Waals surface area contributed by atoms with Crippen molar-refractivity contribution in [1.29, 1.82) is 5.26 Å². The molecule has 0 spiro atoms. The van der Waals surface area contributed by atoms with E-state index in [9.17, 15) is 14.7 Å². The molecule has 1 unspecified atom stereocenters. The molecule has 8 nitrogen and oxygen atoms in total. The Hall–Kier alpha value is -3.28. The molecule has 0 saturated carbocycles. The van der Waals surface area contributed by atoms with Gasteiger partial charge in [-0.15, -0.1) is 0 Å². The lowest BCUT2D eigenvalue weighted by Gasteiger charge is -2.33. The van der Waals surface area contributed by atoms with E-state index in [2.05, 4.69) is 15.2 Å². The van der Waals surface area contributed by atoms with Crippen LogP contribution in [0.1, 0.15) is 62.0 Å². The first kappa shape index (κ1) is 21.0. The molecule has 3 heterocycles. The van der Waals surface area contributed by atoms with Crippen molar-refractivity contribution < 1.29 is 19.4 Å². The number of rotatable bonds is 5. The maximum Gasteiger partial charge on any atom is 0.338 e. The third-order valence-corrected chi connectivity index (χ3v) is 6.06. The summed E-state index contributed by atoms with van der Waals surface area (Å²) in [5.74, 6) is -0.499. The highest BCUT2D eigenvalue weighted by atomic mass is 16.5. The number of aliphatic hydroxyl groups excluding tert-OH is 1. The molecule has 8 heteroatoms. The topological polar surface area (TPSA) is 116 Å². The quantitative estimate of drug-likeness (QED) is 0.710. The summed E-state index contributed by atoms with van der Waals surface area (Å²) >= 11 is 0. The number of hydrogen-bond donors (Lipinski definition) is 2. The Bertz CT molecular complexity index is 1040. The van der Waals surface area contributed by atoms with E-state index >= 15 is 0 Å². The van der Waals surface area contributed by atoms with Crippen LogP contribution in [-0.2, 0) is 11.3 Å². The minimum Gasteiger partial charge on any atom is -0.457 e. The van der Waals surface area contributed by atoms with Gasteiger partial charge in [-0.3, -0.25) is 4.79 Å². The van der Waals surface area contributed by atoms with Crippen LogP contribution in [0.2, 0.25) is 0 Å². The van der Waals surface area contributed by atoms with Crippen molar-refractivity contribution in [2.75, 3.05) is 19.6 Å². The van der Waals surface area contributed by atoms with E-state index in [1.807, 2.05) is 19.1 Å². The Kier molecular flexibility index (Phi) is 5.98. The molecule has 0 bridgehead atoms. The SMILES string of the molecule is Cc1c(C(O)CN2CCC(NC(=O)c3ccc(C#N)nc3)CC2)ccc2c1COC2=O. The number of cyclic esters (lactones) is 1. The number of fused-ring (bicyclic) bond motifs is 1. The van der Waals surface area contributed by atoms with Crippen molar-refractivity contribution in [2.24, 2.45) is 0 Å². The average molecular weight is 420 g/mol. The van der Waals surface area contributed by atoms with Gasteiger partial charge in [0.05, 0.1) is 17.2 Å². The van der Waals surface area contributed by atoms with Gasteiger partial charge in [-0.2, -0.15) is 5.26 Å². The maximum absolute atomic E-state index is 12.4. The normalized spacial score (nSPS) is 17.5. The van der Waals surface area contributed by atoms with E-state index in [-0.39, 0.29) is 30.2 Å². The predicted molar refractivity (Wildman–Crippen MR) is 111 cm³/mol. The van der Waals surface area contributed by atoms with Crippen LogP contribution in [0.5, 0.6) is 0 Å². The minimum atomic E-state index is -0.656. The highest BCUT2D eigenvalue weighted by molar-refractivity contribution is 5.94. The van der Waals surface area contributed by atoms with Crippen LogP contribution >= 0.6 is 0 Å². The van der Waals surface area contributed by atoms with Crippen LogP contribution in [0, 0.1) is 18.3 Å². The number of carbonyl (C=O) groups is 2. The van der Waals surface area contributed by atoms with E-state index in [4.69, 9.17) is 10.00 Å². The number of β-amino-alcohol motifs (C(OH)–C–C–N with tert-alkyl or cyclic N) is 1. The first-order chi connectivity index (χ1) is 15.0. The number of nitrogens with zero attached hydrogens (tertiary/aromatic N) is 3. The predicted octanol–water partition coefficient (Wildman–Crippen LogP) is 1.86. The molecule has 1 aromatic carbocycles. The number of esters is 1. The number of ether oxygens (including phenoxy) is 1. The Morgan fingerprint density at radius 3 is 2.81 bits per heavy atom. The lowest BCUT2D eigenvalue weighted by Crippen LogP contribution is -2.45. The van der Waals surface area contributed by atoms with Crippen LogP contribution in [0.15, 0.2) is 30.5 Å². The molecule has 2 aromatic rings. The fraction of sp³-hybridized carbons (Fsp3) is 0.391. The summed E-state index contributed by atoms with van der Waals surface area (Å²) in [6, 6.07) is 8.66. The van der Waals surface area contributed by atoms with Gasteiger partial charge >= 0.3 is 5.97 Å². The van der Waals surface area contributed by atoms with Gasteiger partial charge < -0.3 is 20.1 Å². The van der Waals surface area contributed by atoms with Crippen molar-refractivity contribution in [3.05, 3.63) is 64.0 Å². The van der Waals surface area contributed by atoms with Gasteiger partial charge in [0.2, 0.25) is 0 Å². The number of benzene rings is 1. The lowest BCUT2D eigenvalue weighted by molar-refractivity contribution is 0.0534. The number of pyridine rings is 1. The monoisotopic (exact) mass is 420 g/mol. The number of nitrogens with one attached hydrogen (secondary N) is 1. The number of carbonyl (C=O) groups excluding carboxylic acids is 2. The molecule has 4 rings (SSSR count). The molecule has 2 aliphatic heterocycles. The van der Waals surface area contributed by atoms with Crippen LogP contribution in [0.3, 0.4) is 0 Å². The highest BCUT2D eigenvalue weighted by Crippen LogP contribution is 2.29. The first-order valence-corrected chi connectivity index (χ1v) is 10.3. The number of hydrogen-bond acceptors (Lipinski definition) is 7. The van der Waals surface area contributed by atoms with Gasteiger partial charge in [-0.25, -0.2) is 9.78 Å². The standard InChI is InChI=1S/C23H24N4O4/c1-14-18(4-5-19-20(14)13-31-23(19)30)21(28)12-27-8-6-16(7-9-27)26-22(29)15-2-3-17(10-24)25-11-15/h2-5,11,16,21,28H,6-9,12-13H2,1H3,(H,26,29). The molecule has 2 aliphatic rings. The van der Waals surface area contributed by atoms with Crippen LogP contribution in [0.4, 0.5) is 0 Å². The van der Waals surface area contributed by atoms with Crippen molar-refractivity contribution in [1.82, 2.24) is 15.2 Å². The number of nitriles is 1. The van der Waals surface area contributed by atoms with Gasteiger partial charge in [0.25, 0.3) is 5.91 Å². The van der Waals surface area contributed by atoms with E-state index in [1.54, 1.807) is 12.1 Å². The number of piperidine rings is 1. The smallest absolute Gasteiger partial charge is 0.338 e. The van der Waals surface area contributed by atoms with Gasteiger partial charge in [-0.1, -0.05) is 6.07 Å². The van der Waals surface area contributed by atoms with Crippen molar-refractivity contribution in [3.63, 3.8) is 0 Å². The van der Waals surface area contributed by atoms with Crippen molar-refractivity contribution in [2.45, 2.75) is 38.5 Å². The number of aromatic nitrogens is 1. The van der Waals surface area contributed by atoms with E-state index in [0.29, 0.717) is 17.7 Å². The van der Waals surface area contributed by atoms with E-state index in [0.717, 1.165) is 42.6 Å². The second kappa shape index (κ2) is 8.84. The van der Waals surface area contributed by atoms with Crippen LogP contribution in [0.25, 0.3) is 0 Å². The summed E-state index contributed by atoms with van der Waals surface area (Å²) in [6.45, 7) is 4.20. The molecule has 1 fully saturated rings. The molecular formula is C23H24N4O4. The Balaban J connectivity index is 1.30. The fourth-order valence-corrected chi connectivity index (χ4v) is 4.19. The van der Waals surface area contributed by atoms with Gasteiger partial charge in [0.1, 0.15) is 18.4 Å². The molecule has 31 heavy (non-hydrogen) atoms. The van der Waals surface area contributed by atoms with Crippen LogP contribution < -0.4 is 5.32 Å². The number of amides is 1. The molecule has 0 radical (unpaired) electrons. The van der Waals surface area contributed by atoms with Gasteiger partial charge in [0, 0.05) is 37.4 Å². The molecule has 1 atom stereocenters. The number of likely N-dealkylation sites (tertiary alicyclic amines) is 1. The second-order valence-electron chi connectivity index (χ2n) is 7.99. The van der Waals surface area contributed by atoms with E-state index < -0.39 is 6.10 Å². The zero-order valence-corrected chi connectivity index (χ0v) is 17.3. The highest BCUT2D eigenvalue weighted by Gasteiger charge is 2.27. The molecular weight excluding hydrogens is 396 g/mol. The third kappa shape index (κ3) is 4.43. The summed E-state index contributed by atoms with van der Waals surface area (Å²) in [4.78, 5) is 30.2. The van der Waals surface area contributed by atoms with Gasteiger partial charge in [-0.05, 0) is 49.1 Å². The van der Waals surface area contributed by atoms with Crippen LogP contribution in [-0.4, -0.2) is 52.5 Å². The molecule has 1 saturated heterocycles. The Morgan fingerprint density at radius 2 is 2.13 bits per heavy atom. The van der Waals surface area contributed by atoms with Crippen molar-refractivity contribution >= 4 is 11.9 Å². The molecule has 1 amide bonds. The summed E-state index contributed by atoms with van der Waals surface area (Å²) < 4.78 is 5.09. The summed E-state index contributed by atoms with van der Waals surface area (Å²) in [5, 5.41) is 22.6. The number of aliphatic hydroxyl groups is 1. The fourth-order valence-electron chi connectivity index (χ4n) is 4.19. The summed E-state index contributed by atoms with van der Waals surface area (Å²) in [6.07, 6.45) is 2.33. The molecule has 160 valence electrons. The average Bonchev–Trinajstić information content (AvgIpc) is 3.17. The van der Waals surface area contributed by atoms with Crippen molar-refractivity contribution in [3.8, 4) is 6.07 Å². The zero-order valence-electron chi connectivity index (χ0n) is 17.3. The molecule has 0 aliphatic carbocycles. The lowest BCUT2D eigenvalue weighted by atomic mass is 9.94. The second-order valence-corrected chi connectivity index (χ2v) is 7.99. The van der Waals surface area contributed by atoms with E-state index in [1.165, 1.54) is 12.3 Å². The Morgan fingerprint density at radius 1 is 1.35 bits per heavy atom. The molecule has 2 N–H and O–H groups in total. The summed E-state index contributed by atoms with van der Waals surface area (Å²) in [7, 11) is 0. The summed E-state index contributed by atoms with van der Waals surface area (Å²) in [5.41, 5.74) is 3.89.